The van der Waals surface area contributed by atoms with Crippen LogP contribution in [0.5, 0.6) is 5.75 Å². The maximum absolute atomic E-state index is 12.8. The number of hydrogen-bond acceptors (Lipinski definition) is 5. The summed E-state index contributed by atoms with van der Waals surface area (Å²) in [7, 11) is 0. The molecule has 32 heavy (non-hydrogen) atoms. The van der Waals surface area contributed by atoms with Crippen molar-refractivity contribution in [1.82, 2.24) is 4.98 Å². The molecule has 5 nitrogen and oxygen atoms in total. The summed E-state index contributed by atoms with van der Waals surface area (Å²) < 4.78 is 11.7. The maximum atomic E-state index is 12.8. The lowest BCUT2D eigenvalue weighted by atomic mass is 9.70. The number of benzene rings is 1. The van der Waals surface area contributed by atoms with E-state index >= 15 is 0 Å². The highest BCUT2D eigenvalue weighted by Crippen LogP contribution is 2.66. The smallest absolute Gasteiger partial charge is 0.357 e. The monoisotopic (exact) mass is 490 g/mol. The van der Waals surface area contributed by atoms with E-state index in [-0.39, 0.29) is 33.8 Å². The molecule has 2 unspecified atom stereocenters. The topological polar surface area (TPSA) is 51.7 Å². The van der Waals surface area contributed by atoms with E-state index in [1.165, 1.54) is 6.42 Å². The van der Waals surface area contributed by atoms with Gasteiger partial charge in [0.05, 0.1) is 23.5 Å². The summed E-state index contributed by atoms with van der Waals surface area (Å²) in [5.41, 5.74) is 2.02. The minimum Gasteiger partial charge on any atom is -0.457 e. The van der Waals surface area contributed by atoms with Gasteiger partial charge in [-0.1, -0.05) is 44.0 Å². The molecular weight excluding hydrogens is 467 g/mol. The third-order valence-electron chi connectivity index (χ3n) is 8.06. The number of halogens is 2. The van der Waals surface area contributed by atoms with E-state index in [9.17, 15) is 4.79 Å². The van der Waals surface area contributed by atoms with Crippen molar-refractivity contribution in [2.24, 2.45) is 16.7 Å². The number of thiocarbonyl (C=S) groups is 1. The summed E-state index contributed by atoms with van der Waals surface area (Å²) in [6, 6.07) is 6.89. The summed E-state index contributed by atoms with van der Waals surface area (Å²) >= 11 is 17.8. The fourth-order valence-electron chi connectivity index (χ4n) is 5.58. The lowest BCUT2D eigenvalue weighted by Crippen LogP contribution is -2.38. The fraction of sp³-hybridized carbons (Fsp3) is 0.458. The Kier molecular flexibility index (Phi) is 5.19. The van der Waals surface area contributed by atoms with Crippen molar-refractivity contribution in [2.75, 3.05) is 4.90 Å². The summed E-state index contributed by atoms with van der Waals surface area (Å²) in [4.78, 5) is 19.0. The first-order valence-corrected chi connectivity index (χ1v) is 11.9. The molecule has 2 aromatic rings. The number of carbonyl (C=O) groups excluding carboxylic acids is 1. The number of fused-ring (bicyclic) bond motifs is 3. The van der Waals surface area contributed by atoms with E-state index < -0.39 is 0 Å². The zero-order valence-electron chi connectivity index (χ0n) is 18.2. The number of rotatable bonds is 3. The molecule has 3 aliphatic rings. The number of pyridine rings is 1. The highest BCUT2D eigenvalue weighted by molar-refractivity contribution is 7.80. The van der Waals surface area contributed by atoms with Crippen LogP contribution >= 0.6 is 35.4 Å². The molecule has 8 heteroatoms. The summed E-state index contributed by atoms with van der Waals surface area (Å²) in [5, 5.41) is 1.21. The van der Waals surface area contributed by atoms with Gasteiger partial charge in [-0.25, -0.2) is 9.78 Å². The lowest BCUT2D eigenvalue weighted by molar-refractivity contribution is -0.0247. The van der Waals surface area contributed by atoms with Gasteiger partial charge in [0.15, 0.2) is 5.75 Å². The van der Waals surface area contributed by atoms with Gasteiger partial charge in [0, 0.05) is 16.0 Å². The molecule has 0 N–H and O–H groups in total. The van der Waals surface area contributed by atoms with Crippen LogP contribution in [0.15, 0.2) is 30.5 Å². The molecule has 5 rings (SSSR count). The van der Waals surface area contributed by atoms with Crippen LogP contribution in [0.25, 0.3) is 0 Å². The Labute approximate surface area is 203 Å². The van der Waals surface area contributed by atoms with E-state index in [2.05, 4.69) is 25.8 Å². The predicted molar refractivity (Wildman–Crippen MR) is 129 cm³/mol. The van der Waals surface area contributed by atoms with Gasteiger partial charge >= 0.3 is 5.97 Å². The van der Waals surface area contributed by atoms with E-state index in [1.807, 2.05) is 0 Å². The van der Waals surface area contributed by atoms with Crippen LogP contribution in [-0.4, -0.2) is 22.2 Å². The van der Waals surface area contributed by atoms with Crippen molar-refractivity contribution < 1.29 is 14.3 Å². The second-order valence-corrected chi connectivity index (χ2v) is 10.9. The first-order chi connectivity index (χ1) is 15.1. The van der Waals surface area contributed by atoms with Gasteiger partial charge in [-0.3, -0.25) is 4.90 Å². The Balaban J connectivity index is 1.31. The molecule has 0 saturated heterocycles. The lowest BCUT2D eigenvalue weighted by Gasteiger charge is -2.38. The van der Waals surface area contributed by atoms with E-state index in [4.69, 9.17) is 44.9 Å². The van der Waals surface area contributed by atoms with Crippen LogP contribution in [0, 0.1) is 16.7 Å². The quantitative estimate of drug-likeness (QED) is 0.364. The number of aromatic nitrogens is 1. The average Bonchev–Trinajstić information content (AvgIpc) is 3.07. The van der Waals surface area contributed by atoms with Crippen LogP contribution in [0.1, 0.15) is 56.1 Å². The molecule has 3 atom stereocenters. The van der Waals surface area contributed by atoms with Crippen molar-refractivity contribution in [3.63, 3.8) is 0 Å². The number of hydrogen-bond donors (Lipinski definition) is 0. The molecule has 1 aromatic carbocycles. The molecule has 1 aromatic heterocycles. The number of anilines is 1. The molecule has 2 heterocycles. The summed E-state index contributed by atoms with van der Waals surface area (Å²) in [5.74, 6) is 0.742. The highest BCUT2D eigenvalue weighted by Gasteiger charge is 2.62. The second-order valence-electron chi connectivity index (χ2n) is 9.74. The van der Waals surface area contributed by atoms with E-state index in [0.29, 0.717) is 33.9 Å². The normalized spacial score (nSPS) is 27.8. The fourth-order valence-corrected chi connectivity index (χ4v) is 6.41. The zero-order chi connectivity index (χ0) is 22.8. The third-order valence-corrected chi connectivity index (χ3v) is 8.86. The number of carbonyl (C=O) groups is 1. The Morgan fingerprint density at radius 1 is 1.28 bits per heavy atom. The molecule has 168 valence electrons. The van der Waals surface area contributed by atoms with Gasteiger partial charge in [-0.2, -0.15) is 0 Å². The maximum Gasteiger partial charge on any atom is 0.357 e. The van der Waals surface area contributed by atoms with Crippen molar-refractivity contribution >= 4 is 52.3 Å². The molecule has 2 bridgehead atoms. The SMILES string of the molecule is CC1(C)C2CCC1(C)[C@@H](OC(=O)c1ccc(N3Cc4cc(Cl)cc(Cl)c4OC3=S)cn1)C2. The second kappa shape index (κ2) is 7.57. The molecule has 0 radical (unpaired) electrons. The minimum absolute atomic E-state index is 0.0144. The number of ether oxygens (including phenoxy) is 2. The average molecular weight is 491 g/mol. The Hall–Kier alpha value is -1.89. The molecule has 1 aliphatic heterocycles. The number of nitrogens with zero attached hydrogens (tertiary/aromatic N) is 2. The summed E-state index contributed by atoms with van der Waals surface area (Å²) in [6.07, 6.45) is 4.77. The van der Waals surface area contributed by atoms with Gasteiger partial charge in [0.1, 0.15) is 11.8 Å². The molecule has 2 aliphatic carbocycles. The summed E-state index contributed by atoms with van der Waals surface area (Å²) in [6.45, 7) is 7.29. The zero-order valence-corrected chi connectivity index (χ0v) is 20.5. The van der Waals surface area contributed by atoms with Crippen LogP contribution in [0.4, 0.5) is 5.69 Å². The van der Waals surface area contributed by atoms with Gasteiger partial charge in [0.25, 0.3) is 5.17 Å². The van der Waals surface area contributed by atoms with Crippen molar-refractivity contribution in [1.29, 1.82) is 0 Å². The molecule has 2 fully saturated rings. The standard InChI is InChI=1S/C24H24Cl2N2O3S/c1-23(2)14-6-7-24(23,3)19(9-14)30-21(29)18-5-4-16(11-27-18)28-12-13-8-15(25)10-17(26)20(13)31-22(28)32/h4-5,8,10-11,14,19H,6-7,9,12H2,1-3H3/t14?,19-,24?/m0/s1. The Bertz CT molecular complexity index is 1120. The van der Waals surface area contributed by atoms with Gasteiger partial charge in [-0.05, 0) is 67.1 Å². The van der Waals surface area contributed by atoms with Gasteiger partial charge < -0.3 is 9.47 Å². The van der Waals surface area contributed by atoms with E-state index in [1.54, 1.807) is 35.4 Å². The highest BCUT2D eigenvalue weighted by atomic mass is 35.5. The molecule has 0 spiro atoms. The van der Waals surface area contributed by atoms with Crippen LogP contribution in [-0.2, 0) is 11.3 Å². The molecule has 0 amide bonds. The Morgan fingerprint density at radius 2 is 2.06 bits per heavy atom. The van der Waals surface area contributed by atoms with Crippen LogP contribution < -0.4 is 9.64 Å². The largest absolute Gasteiger partial charge is 0.457 e. The third kappa shape index (κ3) is 3.30. The molecular formula is C24H24Cl2N2O3S. The van der Waals surface area contributed by atoms with E-state index in [0.717, 1.165) is 18.4 Å². The van der Waals surface area contributed by atoms with Crippen LogP contribution in [0.2, 0.25) is 10.0 Å². The first kappa shape index (κ1) is 21.9. The predicted octanol–water partition coefficient (Wildman–Crippen LogP) is 6.44. The first-order valence-electron chi connectivity index (χ1n) is 10.7. The van der Waals surface area contributed by atoms with Crippen molar-refractivity contribution in [3.05, 3.63) is 51.8 Å². The van der Waals surface area contributed by atoms with Gasteiger partial charge in [-0.15, -0.1) is 0 Å². The minimum atomic E-state index is -0.382. The molecule has 2 saturated carbocycles. The van der Waals surface area contributed by atoms with Crippen molar-refractivity contribution in [3.8, 4) is 5.75 Å². The number of esters is 1. The van der Waals surface area contributed by atoms with Crippen LogP contribution in [0.3, 0.4) is 0 Å². The van der Waals surface area contributed by atoms with Crippen molar-refractivity contribution in [2.45, 2.75) is 52.7 Å². The Morgan fingerprint density at radius 3 is 2.69 bits per heavy atom. The van der Waals surface area contributed by atoms with Gasteiger partial charge in [0.2, 0.25) is 0 Å².